The van der Waals surface area contributed by atoms with E-state index in [1.165, 1.54) is 0 Å². The number of hydrogen-bond donors (Lipinski definition) is 0. The van der Waals surface area contributed by atoms with Gasteiger partial charge in [0.15, 0.2) is 0 Å². The van der Waals surface area contributed by atoms with Crippen molar-refractivity contribution in [2.75, 3.05) is 0 Å². The van der Waals surface area contributed by atoms with Gasteiger partial charge in [-0.3, -0.25) is 0 Å². The van der Waals surface area contributed by atoms with Crippen molar-refractivity contribution in [3.05, 3.63) is 0 Å². The van der Waals surface area contributed by atoms with Gasteiger partial charge in [-0.05, 0) is 0 Å². The molecule has 0 saturated heterocycles. The first-order valence-electron chi connectivity index (χ1n) is 0. The third kappa shape index (κ3) is 312. The predicted octanol–water partition coefficient (Wildman–Crippen LogP) is -8.19. The number of hydrogen-bond acceptors (Lipinski definition) is 0. The molecule has 13 heteroatoms. The van der Waals surface area contributed by atoms with Crippen LogP contribution in [0.5, 0.6) is 0 Å². The zero-order chi connectivity index (χ0) is 0. The molecular weight excluding hydrogens is 754 g/mol. The van der Waals surface area contributed by atoms with Crippen LogP contribution in [0, 0.1) is 0 Å². The molecule has 0 aromatic heterocycles. The summed E-state index contributed by atoms with van der Waals surface area (Å²) in [5.41, 5.74) is 0. The van der Waals surface area contributed by atoms with Crippen LogP contribution in [0.2, 0.25) is 0 Å². The van der Waals surface area contributed by atoms with Crippen LogP contribution in [0.4, 0.5) is 0 Å². The monoisotopic (exact) mass is 776 g/mol. The maximum Gasteiger partial charge on any atom is 0 e. The Balaban J connectivity index is 0. The summed E-state index contributed by atoms with van der Waals surface area (Å²) in [6.07, 6.45) is 0. The van der Waals surface area contributed by atoms with Crippen molar-refractivity contribution in [3.63, 3.8) is 0 Å². The van der Waals surface area contributed by atoms with Gasteiger partial charge < -0.3 is 49.3 Å². The molecule has 0 atom stereocenters. The van der Waals surface area contributed by atoms with Gasteiger partial charge in [-0.15, -0.1) is 0 Å². The first-order valence-corrected chi connectivity index (χ1v) is 0. The summed E-state index contributed by atoms with van der Waals surface area (Å²) in [5.74, 6) is 0. The molecule has 0 unspecified atom stereocenters. The molecule has 0 amide bonds. The van der Waals surface area contributed by atoms with Crippen LogP contribution in [0.15, 0.2) is 0 Å². The van der Waals surface area contributed by atoms with Gasteiger partial charge in [0.2, 0.25) is 0 Å². The van der Waals surface area contributed by atoms with E-state index in [0.717, 1.165) is 0 Å². The second kappa shape index (κ2) is 363. The Bertz CT molecular complexity index is 15.6. The molecule has 0 bridgehead atoms. The van der Waals surface area contributed by atoms with Crippen LogP contribution < -0.4 is 0 Å². The fourth-order valence-corrected chi connectivity index (χ4v) is 0. The van der Waals surface area contributed by atoms with E-state index in [1.807, 2.05) is 0 Å². The van der Waals surface area contributed by atoms with E-state index in [2.05, 4.69) is 0 Å². The van der Waals surface area contributed by atoms with E-state index in [1.54, 1.807) is 0 Å². The Hall–Kier alpha value is 2.78. The van der Waals surface area contributed by atoms with Gasteiger partial charge >= 0.3 is 0 Å². The molecule has 0 fully saturated rings. The second-order valence-electron chi connectivity index (χ2n) is 0. The maximum atomic E-state index is 0. The minimum absolute atomic E-state index is 0. The first kappa shape index (κ1) is 445. The normalized spacial score (nSPS) is 0. The van der Waals surface area contributed by atoms with E-state index in [4.69, 9.17) is 0 Å². The van der Waals surface area contributed by atoms with Crippen LogP contribution in [-0.4, -0.2) is 102 Å². The van der Waals surface area contributed by atoms with Crippen LogP contribution in [-0.2, 0) is 42.1 Å². The molecule has 0 aliphatic heterocycles. The molecule has 9 nitrogen and oxygen atoms in total. The van der Waals surface area contributed by atoms with Crippen molar-refractivity contribution in [1.29, 1.82) is 0 Å². The van der Waals surface area contributed by atoms with Crippen LogP contribution in [0.25, 0.3) is 0 Å². The van der Waals surface area contributed by atoms with Crippen LogP contribution in [0.3, 0.4) is 0 Å². The Morgan fingerprint density at radius 3 is 0.231 bits per heavy atom. The molecule has 0 spiro atoms. The molecule has 13 heavy (non-hydrogen) atoms. The Morgan fingerprint density at radius 1 is 0.231 bits per heavy atom. The van der Waals surface area contributed by atoms with Gasteiger partial charge in [-0.25, -0.2) is 0 Å². The summed E-state index contributed by atoms with van der Waals surface area (Å²) < 4.78 is 0. The van der Waals surface area contributed by atoms with Crippen molar-refractivity contribution in [3.8, 4) is 0 Å². The minimum atomic E-state index is 0. The van der Waals surface area contributed by atoms with Gasteiger partial charge in [0.1, 0.15) is 0 Å². The summed E-state index contributed by atoms with van der Waals surface area (Å²) in [7, 11) is 0. The van der Waals surface area contributed by atoms with Crippen molar-refractivity contribution in [2.45, 2.75) is 0 Å². The molecule has 18 N–H and O–H groups in total. The van der Waals surface area contributed by atoms with E-state index in [9.17, 15) is 0 Å². The summed E-state index contributed by atoms with van der Waals surface area (Å²) in [4.78, 5) is 0. The second-order valence-corrected chi connectivity index (χ2v) is 0. The van der Waals surface area contributed by atoms with Gasteiger partial charge in [-0.2, -0.15) is 0 Å². The fraction of sp³-hybridized carbons (Fsp3) is 0. The molecule has 0 aromatic carbocycles. The molecule has 0 aromatic rings. The van der Waals surface area contributed by atoms with Crippen molar-refractivity contribution in [1.82, 2.24) is 0 Å². The van der Waals surface area contributed by atoms with Crippen molar-refractivity contribution in [2.24, 2.45) is 0 Å². The van der Waals surface area contributed by atoms with Gasteiger partial charge in [0.05, 0.1) is 0 Å². The summed E-state index contributed by atoms with van der Waals surface area (Å²) in [5, 5.41) is 0. The SMILES string of the molecule is O.O.O.O.O.O.O.O.O.[Bi].[Bi].[Mo].[Mo]. The van der Waals surface area contributed by atoms with E-state index in [-0.39, 0.29) is 144 Å². The molecule has 0 heterocycles. The zero-order valence-electron chi connectivity index (χ0n) is 6.21. The molecule has 6 radical (unpaired) electrons. The topological polar surface area (TPSA) is 284 Å². The average Bonchev–Trinajstić information content (AvgIpc) is 0. The third-order valence-corrected chi connectivity index (χ3v) is 0. The van der Waals surface area contributed by atoms with Crippen molar-refractivity contribution >= 4 is 52.4 Å². The van der Waals surface area contributed by atoms with Crippen LogP contribution in [0.1, 0.15) is 0 Å². The molecule has 0 saturated carbocycles. The quantitative estimate of drug-likeness (QED) is 0.208. The average molecular weight is 772 g/mol. The Morgan fingerprint density at radius 2 is 0.231 bits per heavy atom. The first-order chi connectivity index (χ1) is 0. The summed E-state index contributed by atoms with van der Waals surface area (Å²) >= 11 is 0. The minimum Gasteiger partial charge on any atom is -0.412 e. The molecule has 0 aliphatic rings. The number of rotatable bonds is 0. The predicted molar refractivity (Wildman–Crippen MR) is 44.0 cm³/mol. The molecule has 94 valence electrons. The third-order valence-electron chi connectivity index (χ3n) is 0. The van der Waals surface area contributed by atoms with Crippen molar-refractivity contribution < 1.29 is 91.4 Å². The smallest absolute Gasteiger partial charge is 0 e. The van der Waals surface area contributed by atoms with Gasteiger partial charge in [0, 0.05) is 94.5 Å². The van der Waals surface area contributed by atoms with Gasteiger partial charge in [0.25, 0.3) is 0 Å². The largest absolute Gasteiger partial charge is 0.412 e. The molecule has 0 rings (SSSR count). The maximum absolute atomic E-state index is 0. The zero-order valence-corrected chi connectivity index (χ0v) is 17.2. The summed E-state index contributed by atoms with van der Waals surface area (Å²) in [6.45, 7) is 0. The Labute approximate surface area is 142 Å². The van der Waals surface area contributed by atoms with E-state index in [0.29, 0.717) is 0 Å². The Kier molecular flexibility index (Phi) is 12400. The van der Waals surface area contributed by atoms with E-state index < -0.39 is 0 Å². The standard InChI is InChI=1S/2Bi.2Mo.9H2O/h;;;;9*1H2. The molecular formula is H18Bi2Mo2O9. The van der Waals surface area contributed by atoms with Crippen LogP contribution >= 0.6 is 0 Å². The summed E-state index contributed by atoms with van der Waals surface area (Å²) in [6, 6.07) is 0. The molecule has 0 aliphatic carbocycles. The van der Waals surface area contributed by atoms with E-state index >= 15 is 0 Å². The fourth-order valence-electron chi connectivity index (χ4n) is 0. The van der Waals surface area contributed by atoms with Gasteiger partial charge in [-0.1, -0.05) is 0 Å².